The molecule has 1 aliphatic rings. The monoisotopic (exact) mass is 325 g/mol. The van der Waals surface area contributed by atoms with Gasteiger partial charge in [0.05, 0.1) is 15.6 Å². The first-order valence-electron chi connectivity index (χ1n) is 6.65. The van der Waals surface area contributed by atoms with Crippen LogP contribution in [0, 0.1) is 10.1 Å². The van der Waals surface area contributed by atoms with Crippen molar-refractivity contribution in [3.8, 4) is 11.3 Å². The molecule has 1 aromatic heterocycles. The number of benzene rings is 1. The first-order valence-corrected chi connectivity index (χ1v) is 7.53. The lowest BCUT2D eigenvalue weighted by Crippen LogP contribution is -2.26. The molecule has 1 aromatic carbocycles. The number of hydrogen-bond donors (Lipinski definition) is 1. The molecule has 3 rings (SSSR count). The minimum Gasteiger partial charge on any atom is -0.317 e. The van der Waals surface area contributed by atoms with Gasteiger partial charge >= 0.3 is 0 Å². The molecule has 2 aromatic rings. The Kier molecular flexibility index (Phi) is 5.27. The van der Waals surface area contributed by atoms with Crippen molar-refractivity contribution < 1.29 is 4.92 Å². The molecule has 1 saturated heterocycles. The number of nitro benzene ring substituents is 1. The van der Waals surface area contributed by atoms with Crippen molar-refractivity contribution in [1.29, 1.82) is 0 Å². The van der Waals surface area contributed by atoms with E-state index in [4.69, 9.17) is 0 Å². The summed E-state index contributed by atoms with van der Waals surface area (Å²) in [6, 6.07) is 6.66. The quantitative estimate of drug-likeness (QED) is 0.691. The van der Waals surface area contributed by atoms with Crippen molar-refractivity contribution in [2.45, 2.75) is 18.8 Å². The lowest BCUT2D eigenvalue weighted by atomic mass is 9.99. The van der Waals surface area contributed by atoms with Crippen molar-refractivity contribution in [3.63, 3.8) is 0 Å². The van der Waals surface area contributed by atoms with Gasteiger partial charge in [-0.1, -0.05) is 12.1 Å². The first kappa shape index (κ1) is 15.9. The SMILES string of the molecule is Cl.O=[N+]([O-])c1cccc(-c2csc(C3CCNCC3)n2)c1. The Bertz CT molecular complexity index is 626. The number of rotatable bonds is 3. The maximum absolute atomic E-state index is 10.8. The summed E-state index contributed by atoms with van der Waals surface area (Å²) in [5.74, 6) is 0.522. The zero-order valence-electron chi connectivity index (χ0n) is 11.3. The summed E-state index contributed by atoms with van der Waals surface area (Å²) in [5.41, 5.74) is 1.77. The predicted molar refractivity (Wildman–Crippen MR) is 86.3 cm³/mol. The molecule has 0 saturated carbocycles. The molecule has 1 N–H and O–H groups in total. The normalized spacial score (nSPS) is 15.4. The second-order valence-electron chi connectivity index (χ2n) is 4.90. The molecule has 5 nitrogen and oxygen atoms in total. The van der Waals surface area contributed by atoms with E-state index in [1.807, 2.05) is 11.4 Å². The summed E-state index contributed by atoms with van der Waals surface area (Å²) >= 11 is 1.66. The van der Waals surface area contributed by atoms with E-state index in [1.54, 1.807) is 23.5 Å². The molecule has 2 heterocycles. The molecule has 0 spiro atoms. The largest absolute Gasteiger partial charge is 0.317 e. The van der Waals surface area contributed by atoms with Gasteiger partial charge in [-0.3, -0.25) is 10.1 Å². The van der Waals surface area contributed by atoms with Crippen LogP contribution in [0.2, 0.25) is 0 Å². The van der Waals surface area contributed by atoms with Crippen LogP contribution in [0.15, 0.2) is 29.6 Å². The van der Waals surface area contributed by atoms with Gasteiger partial charge in [-0.2, -0.15) is 0 Å². The molecule has 0 unspecified atom stereocenters. The van der Waals surface area contributed by atoms with Crippen LogP contribution in [0.25, 0.3) is 11.3 Å². The Morgan fingerprint density at radius 3 is 2.81 bits per heavy atom. The summed E-state index contributed by atoms with van der Waals surface area (Å²) in [5, 5.41) is 17.3. The van der Waals surface area contributed by atoms with Crippen molar-refractivity contribution in [2.75, 3.05) is 13.1 Å². The average Bonchev–Trinajstić information content (AvgIpc) is 2.98. The van der Waals surface area contributed by atoms with Crippen LogP contribution in [0.3, 0.4) is 0 Å². The van der Waals surface area contributed by atoms with Crippen LogP contribution < -0.4 is 5.32 Å². The van der Waals surface area contributed by atoms with E-state index in [1.165, 1.54) is 6.07 Å². The van der Waals surface area contributed by atoms with Crippen molar-refractivity contribution in [3.05, 3.63) is 44.8 Å². The number of non-ortho nitro benzene ring substituents is 1. The Labute approximate surface area is 133 Å². The number of piperidine rings is 1. The smallest absolute Gasteiger partial charge is 0.270 e. The third-order valence-corrected chi connectivity index (χ3v) is 4.57. The van der Waals surface area contributed by atoms with Gasteiger partial charge in [0.2, 0.25) is 0 Å². The molecular weight excluding hydrogens is 310 g/mol. The fourth-order valence-electron chi connectivity index (χ4n) is 2.46. The Balaban J connectivity index is 0.00000161. The van der Waals surface area contributed by atoms with E-state index in [9.17, 15) is 10.1 Å². The van der Waals surface area contributed by atoms with E-state index in [2.05, 4.69) is 10.3 Å². The summed E-state index contributed by atoms with van der Waals surface area (Å²) in [7, 11) is 0. The van der Waals surface area contributed by atoms with Crippen molar-refractivity contribution in [2.24, 2.45) is 0 Å². The molecule has 0 radical (unpaired) electrons. The molecule has 0 aliphatic carbocycles. The summed E-state index contributed by atoms with van der Waals surface area (Å²) in [6.45, 7) is 2.08. The summed E-state index contributed by atoms with van der Waals surface area (Å²) in [4.78, 5) is 15.1. The molecule has 0 amide bonds. The van der Waals surface area contributed by atoms with Gasteiger partial charge in [-0.15, -0.1) is 23.7 Å². The highest BCUT2D eigenvalue weighted by Gasteiger charge is 2.19. The number of hydrogen-bond acceptors (Lipinski definition) is 5. The molecular formula is C14H16ClN3O2S. The number of nitrogens with one attached hydrogen (secondary N) is 1. The standard InChI is InChI=1S/C14H15N3O2S.ClH/c18-17(19)12-3-1-2-11(8-12)13-9-20-14(16-13)10-4-6-15-7-5-10;/h1-3,8-10,15H,4-7H2;1H. The third kappa shape index (κ3) is 3.58. The highest BCUT2D eigenvalue weighted by Crippen LogP contribution is 2.32. The van der Waals surface area contributed by atoms with Crippen molar-refractivity contribution in [1.82, 2.24) is 10.3 Å². The van der Waals surface area contributed by atoms with Crippen LogP contribution in [0.1, 0.15) is 23.8 Å². The number of thiazole rings is 1. The van der Waals surface area contributed by atoms with Gasteiger partial charge in [0, 0.05) is 29.0 Å². The van der Waals surface area contributed by atoms with Gasteiger partial charge in [-0.05, 0) is 25.9 Å². The van der Waals surface area contributed by atoms with Crippen molar-refractivity contribution >= 4 is 29.4 Å². The van der Waals surface area contributed by atoms with E-state index < -0.39 is 0 Å². The molecule has 0 atom stereocenters. The van der Waals surface area contributed by atoms with E-state index in [-0.39, 0.29) is 23.0 Å². The molecule has 7 heteroatoms. The fourth-order valence-corrected chi connectivity index (χ4v) is 3.46. The van der Waals surface area contributed by atoms with Gasteiger partial charge in [0.25, 0.3) is 5.69 Å². The van der Waals surface area contributed by atoms with Crippen LogP contribution in [0.5, 0.6) is 0 Å². The third-order valence-electron chi connectivity index (χ3n) is 3.56. The summed E-state index contributed by atoms with van der Waals surface area (Å²) in [6.07, 6.45) is 2.23. The van der Waals surface area contributed by atoms with Gasteiger partial charge in [0.1, 0.15) is 0 Å². The highest BCUT2D eigenvalue weighted by molar-refractivity contribution is 7.10. The Morgan fingerprint density at radius 2 is 2.10 bits per heavy atom. The molecule has 1 aliphatic heterocycles. The Morgan fingerprint density at radius 1 is 1.33 bits per heavy atom. The summed E-state index contributed by atoms with van der Waals surface area (Å²) < 4.78 is 0. The Hall–Kier alpha value is -1.50. The zero-order chi connectivity index (χ0) is 13.9. The number of nitrogens with zero attached hydrogens (tertiary/aromatic N) is 2. The predicted octanol–water partition coefficient (Wildman–Crippen LogP) is 3.61. The molecule has 0 bridgehead atoms. The minimum absolute atomic E-state index is 0. The minimum atomic E-state index is -0.371. The maximum Gasteiger partial charge on any atom is 0.270 e. The fraction of sp³-hybridized carbons (Fsp3) is 0.357. The van der Waals surface area contributed by atoms with E-state index in [0.29, 0.717) is 5.92 Å². The van der Waals surface area contributed by atoms with E-state index in [0.717, 1.165) is 42.2 Å². The number of nitro groups is 1. The number of aromatic nitrogens is 1. The van der Waals surface area contributed by atoms with Gasteiger partial charge in [-0.25, -0.2) is 4.98 Å². The second-order valence-corrected chi connectivity index (χ2v) is 5.79. The molecule has 21 heavy (non-hydrogen) atoms. The van der Waals surface area contributed by atoms with Crippen LogP contribution in [-0.4, -0.2) is 23.0 Å². The first-order chi connectivity index (χ1) is 9.74. The lowest BCUT2D eigenvalue weighted by molar-refractivity contribution is -0.384. The average molecular weight is 326 g/mol. The topological polar surface area (TPSA) is 68.1 Å². The molecule has 1 fully saturated rings. The zero-order valence-corrected chi connectivity index (χ0v) is 13.0. The second kappa shape index (κ2) is 6.98. The van der Waals surface area contributed by atoms with Crippen LogP contribution in [-0.2, 0) is 0 Å². The van der Waals surface area contributed by atoms with Crippen LogP contribution >= 0.6 is 23.7 Å². The molecule has 112 valence electrons. The van der Waals surface area contributed by atoms with E-state index >= 15 is 0 Å². The lowest BCUT2D eigenvalue weighted by Gasteiger charge is -2.20. The van der Waals surface area contributed by atoms with Crippen LogP contribution in [0.4, 0.5) is 5.69 Å². The van der Waals surface area contributed by atoms with Gasteiger partial charge in [0.15, 0.2) is 0 Å². The highest BCUT2D eigenvalue weighted by atomic mass is 35.5. The maximum atomic E-state index is 10.8. The number of halogens is 1. The van der Waals surface area contributed by atoms with Gasteiger partial charge < -0.3 is 5.32 Å².